The monoisotopic (exact) mass is 186 g/mol. The van der Waals surface area contributed by atoms with E-state index in [2.05, 4.69) is 0 Å². The fourth-order valence-corrected chi connectivity index (χ4v) is 6.60. The Hall–Kier alpha value is 0. The van der Waals surface area contributed by atoms with Crippen LogP contribution in [0.15, 0.2) is 0 Å². The highest BCUT2D eigenvalue weighted by atomic mass is 15.0. The van der Waals surface area contributed by atoms with Crippen LogP contribution < -0.4 is 0 Å². The Labute approximate surface area is 85.4 Å². The lowest BCUT2D eigenvalue weighted by Gasteiger charge is -1.93. The van der Waals surface area contributed by atoms with Crippen molar-refractivity contribution in [2.75, 3.05) is 0 Å². The van der Waals surface area contributed by atoms with Crippen molar-refractivity contribution in [3.8, 4) is 0 Å². The molecular formula is C14H18. The van der Waals surface area contributed by atoms with Gasteiger partial charge in [0.05, 0.1) is 0 Å². The van der Waals surface area contributed by atoms with Gasteiger partial charge in [-0.05, 0) is 84.9 Å². The van der Waals surface area contributed by atoms with Gasteiger partial charge in [0, 0.05) is 0 Å². The Bertz CT molecular complexity index is 301. The molecule has 0 unspecified atom stereocenters. The van der Waals surface area contributed by atoms with Crippen LogP contribution in [0.4, 0.5) is 0 Å². The van der Waals surface area contributed by atoms with Crippen LogP contribution >= 0.6 is 0 Å². The Kier molecular flexibility index (Phi) is 0.607. The molecule has 6 aliphatic rings. The van der Waals surface area contributed by atoms with Gasteiger partial charge in [0.25, 0.3) is 0 Å². The molecule has 0 aromatic heterocycles. The molecule has 6 aliphatic carbocycles. The zero-order valence-electron chi connectivity index (χ0n) is 8.81. The fourth-order valence-electron chi connectivity index (χ4n) is 6.60. The SMILES string of the molecule is C1CC12C(C1C3(CC3)C13CC3)C21CC1. The predicted molar refractivity (Wildman–Crippen MR) is 53.6 cm³/mol. The molecular weight excluding hydrogens is 168 g/mol. The van der Waals surface area contributed by atoms with Gasteiger partial charge in [-0.15, -0.1) is 0 Å². The second-order valence-corrected chi connectivity index (χ2v) is 7.58. The van der Waals surface area contributed by atoms with Crippen LogP contribution in [-0.4, -0.2) is 0 Å². The van der Waals surface area contributed by atoms with Gasteiger partial charge in [-0.1, -0.05) is 0 Å². The van der Waals surface area contributed by atoms with E-state index in [1.165, 1.54) is 11.8 Å². The minimum Gasteiger partial charge on any atom is -0.0462 e. The largest absolute Gasteiger partial charge is 0.0462 e. The standard InChI is InChI=1S/C14H18/c1-2-11(1)9(12(11)3-4-12)10-13(5-6-13)14(10)7-8-14/h9-10H,1-8H2. The molecule has 0 radical (unpaired) electrons. The number of fused-ring (bicyclic) bond motifs is 2. The van der Waals surface area contributed by atoms with Crippen LogP contribution in [0.25, 0.3) is 0 Å². The molecule has 6 fully saturated rings. The van der Waals surface area contributed by atoms with E-state index in [0.717, 1.165) is 21.7 Å². The normalized spacial score (nSPS) is 48.9. The van der Waals surface area contributed by atoms with E-state index in [1.54, 1.807) is 51.4 Å². The van der Waals surface area contributed by atoms with Crippen LogP contribution in [0.2, 0.25) is 0 Å². The van der Waals surface area contributed by atoms with Gasteiger partial charge < -0.3 is 0 Å². The molecule has 0 nitrogen and oxygen atoms in total. The van der Waals surface area contributed by atoms with Crippen molar-refractivity contribution in [1.29, 1.82) is 0 Å². The van der Waals surface area contributed by atoms with Gasteiger partial charge in [0.15, 0.2) is 0 Å². The molecule has 0 aromatic rings. The molecule has 0 heteroatoms. The maximum absolute atomic E-state index is 1.64. The van der Waals surface area contributed by atoms with Gasteiger partial charge in [-0.3, -0.25) is 0 Å². The van der Waals surface area contributed by atoms with Gasteiger partial charge in [-0.2, -0.15) is 0 Å². The average molecular weight is 186 g/mol. The van der Waals surface area contributed by atoms with E-state index in [1.807, 2.05) is 0 Å². The lowest BCUT2D eigenvalue weighted by Crippen LogP contribution is -1.89. The predicted octanol–water partition coefficient (Wildman–Crippen LogP) is 3.37. The zero-order valence-corrected chi connectivity index (χ0v) is 8.81. The fraction of sp³-hybridized carbons (Fsp3) is 1.00. The molecule has 6 rings (SSSR count). The van der Waals surface area contributed by atoms with Crippen molar-refractivity contribution in [3.05, 3.63) is 0 Å². The van der Waals surface area contributed by atoms with Crippen molar-refractivity contribution in [2.45, 2.75) is 51.4 Å². The Morgan fingerprint density at radius 3 is 0.786 bits per heavy atom. The lowest BCUT2D eigenvalue weighted by atomic mass is 10.1. The third-order valence-electron chi connectivity index (χ3n) is 7.69. The molecule has 0 atom stereocenters. The summed E-state index contributed by atoms with van der Waals surface area (Å²) in [4.78, 5) is 0. The van der Waals surface area contributed by atoms with Crippen molar-refractivity contribution in [3.63, 3.8) is 0 Å². The minimum atomic E-state index is 0.999. The number of hydrogen-bond acceptors (Lipinski definition) is 0. The van der Waals surface area contributed by atoms with Gasteiger partial charge in [-0.25, -0.2) is 0 Å². The van der Waals surface area contributed by atoms with Crippen LogP contribution in [0, 0.1) is 33.5 Å². The quantitative estimate of drug-likeness (QED) is 0.589. The van der Waals surface area contributed by atoms with Gasteiger partial charge in [0.1, 0.15) is 0 Å². The maximum atomic E-state index is 1.64. The lowest BCUT2D eigenvalue weighted by molar-refractivity contribution is 0.535. The number of hydrogen-bond donors (Lipinski definition) is 0. The van der Waals surface area contributed by atoms with E-state index in [9.17, 15) is 0 Å². The van der Waals surface area contributed by atoms with Crippen LogP contribution in [-0.2, 0) is 0 Å². The summed E-state index contributed by atoms with van der Waals surface area (Å²) in [5, 5.41) is 0. The van der Waals surface area contributed by atoms with Gasteiger partial charge >= 0.3 is 0 Å². The summed E-state index contributed by atoms with van der Waals surface area (Å²) >= 11 is 0. The minimum absolute atomic E-state index is 0.999. The van der Waals surface area contributed by atoms with E-state index >= 15 is 0 Å². The topological polar surface area (TPSA) is 0 Å². The first-order valence-electron chi connectivity index (χ1n) is 6.82. The van der Waals surface area contributed by atoms with Crippen molar-refractivity contribution in [2.24, 2.45) is 33.5 Å². The molecule has 0 amide bonds. The van der Waals surface area contributed by atoms with E-state index in [-0.39, 0.29) is 0 Å². The Balaban J connectivity index is 1.48. The third-order valence-corrected chi connectivity index (χ3v) is 7.69. The average Bonchev–Trinajstić information content (AvgIpc) is 3.04. The second kappa shape index (κ2) is 1.30. The molecule has 0 heterocycles. The molecule has 4 spiro atoms. The Morgan fingerprint density at radius 1 is 0.429 bits per heavy atom. The molecule has 6 saturated carbocycles. The first kappa shape index (κ1) is 6.55. The van der Waals surface area contributed by atoms with E-state index in [4.69, 9.17) is 0 Å². The molecule has 14 heavy (non-hydrogen) atoms. The summed E-state index contributed by atoms with van der Waals surface area (Å²) in [5.74, 6) is 2.56. The first-order chi connectivity index (χ1) is 6.82. The Morgan fingerprint density at radius 2 is 0.643 bits per heavy atom. The second-order valence-electron chi connectivity index (χ2n) is 7.58. The molecule has 0 bridgehead atoms. The highest BCUT2D eigenvalue weighted by Crippen LogP contribution is 3.05. The van der Waals surface area contributed by atoms with Crippen molar-refractivity contribution >= 4 is 0 Å². The highest BCUT2D eigenvalue weighted by molar-refractivity contribution is 5.46. The van der Waals surface area contributed by atoms with Crippen molar-refractivity contribution in [1.82, 2.24) is 0 Å². The van der Waals surface area contributed by atoms with Gasteiger partial charge in [0.2, 0.25) is 0 Å². The molecule has 0 aromatic carbocycles. The summed E-state index contributed by atoms with van der Waals surface area (Å²) in [6.45, 7) is 0. The van der Waals surface area contributed by atoms with E-state index in [0.29, 0.717) is 0 Å². The summed E-state index contributed by atoms with van der Waals surface area (Å²) in [5.41, 5.74) is 4.00. The van der Waals surface area contributed by atoms with Crippen LogP contribution in [0.3, 0.4) is 0 Å². The summed E-state index contributed by atoms with van der Waals surface area (Å²) in [6.07, 6.45) is 13.1. The molecule has 0 N–H and O–H groups in total. The third kappa shape index (κ3) is 0.378. The molecule has 0 aliphatic heterocycles. The zero-order chi connectivity index (χ0) is 8.81. The maximum Gasteiger partial charge on any atom is -0.0201 e. The first-order valence-corrected chi connectivity index (χ1v) is 6.82. The number of rotatable bonds is 1. The smallest absolute Gasteiger partial charge is 0.0201 e. The van der Waals surface area contributed by atoms with Crippen LogP contribution in [0.1, 0.15) is 51.4 Å². The summed E-state index contributed by atoms with van der Waals surface area (Å²) in [7, 11) is 0. The van der Waals surface area contributed by atoms with E-state index < -0.39 is 0 Å². The molecule has 74 valence electrons. The molecule has 0 saturated heterocycles. The van der Waals surface area contributed by atoms with Crippen LogP contribution in [0.5, 0.6) is 0 Å². The summed E-state index contributed by atoms with van der Waals surface area (Å²) in [6, 6.07) is 0. The van der Waals surface area contributed by atoms with Crippen molar-refractivity contribution < 1.29 is 0 Å². The highest BCUT2D eigenvalue weighted by Gasteiger charge is 2.98. The summed E-state index contributed by atoms with van der Waals surface area (Å²) < 4.78 is 0.